The first-order valence-electron chi connectivity index (χ1n) is 11.9. The number of para-hydroxylation sites is 2. The number of ether oxygens (including phenoxy) is 1. The predicted octanol–water partition coefficient (Wildman–Crippen LogP) is 4.82. The lowest BCUT2D eigenvalue weighted by molar-refractivity contribution is -0.385. The molecule has 3 atom stereocenters. The maximum absolute atomic E-state index is 13.7. The lowest BCUT2D eigenvalue weighted by atomic mass is 9.89. The van der Waals surface area contributed by atoms with Crippen LogP contribution in [0.5, 0.6) is 5.75 Å². The second-order valence-electron chi connectivity index (χ2n) is 8.68. The van der Waals surface area contributed by atoms with E-state index in [9.17, 15) is 19.7 Å². The van der Waals surface area contributed by atoms with Gasteiger partial charge in [0.1, 0.15) is 17.7 Å². The molecule has 2 fully saturated rings. The molecule has 0 radical (unpaired) electrons. The molecule has 2 heterocycles. The predicted molar refractivity (Wildman–Crippen MR) is 132 cm³/mol. The number of nitro benzene ring substituents is 1. The van der Waals surface area contributed by atoms with Crippen molar-refractivity contribution >= 4 is 28.9 Å². The minimum Gasteiger partial charge on any atom is -0.494 e. The number of imide groups is 1. The molecule has 0 N–H and O–H groups in total. The first-order valence-corrected chi connectivity index (χ1v) is 11.9. The number of hydroxylamine groups is 1. The Balaban J connectivity index is 1.51. The fourth-order valence-corrected chi connectivity index (χ4v) is 4.71. The average molecular weight is 488 g/mol. The summed E-state index contributed by atoms with van der Waals surface area (Å²) in [6.07, 6.45) is 0.831. The summed E-state index contributed by atoms with van der Waals surface area (Å²) in [5, 5.41) is 13.3. The van der Waals surface area contributed by atoms with E-state index in [0.717, 1.165) is 17.7 Å². The van der Waals surface area contributed by atoms with Crippen LogP contribution in [0.1, 0.15) is 31.4 Å². The zero-order valence-corrected chi connectivity index (χ0v) is 19.7. The number of amides is 2. The summed E-state index contributed by atoms with van der Waals surface area (Å²) in [7, 11) is 0. The van der Waals surface area contributed by atoms with E-state index in [1.165, 1.54) is 11.1 Å². The van der Waals surface area contributed by atoms with Crippen molar-refractivity contribution in [3.05, 3.63) is 94.5 Å². The first kappa shape index (κ1) is 23.5. The molecule has 184 valence electrons. The van der Waals surface area contributed by atoms with Gasteiger partial charge >= 0.3 is 0 Å². The summed E-state index contributed by atoms with van der Waals surface area (Å²) < 4.78 is 5.68. The molecule has 0 saturated carbocycles. The maximum Gasteiger partial charge on any atom is 0.274 e. The van der Waals surface area contributed by atoms with Crippen LogP contribution < -0.4 is 14.7 Å². The van der Waals surface area contributed by atoms with Crippen molar-refractivity contribution in [1.29, 1.82) is 0 Å². The highest BCUT2D eigenvalue weighted by molar-refractivity contribution is 6.24. The second kappa shape index (κ2) is 9.79. The zero-order chi connectivity index (χ0) is 25.2. The Morgan fingerprint density at radius 1 is 0.917 bits per heavy atom. The molecule has 2 aliphatic rings. The minimum absolute atomic E-state index is 0.139. The van der Waals surface area contributed by atoms with Crippen LogP contribution in [-0.2, 0) is 14.4 Å². The molecule has 2 saturated heterocycles. The van der Waals surface area contributed by atoms with Gasteiger partial charge in [-0.3, -0.25) is 24.5 Å². The SMILES string of the molecule is CCCCOc1ccc(N2C(=O)[C@H]3[C@@H](ON(c4ccccc4)[C@H]3c3ccccc3[N+](=O)[O-])C2=O)cc1. The summed E-state index contributed by atoms with van der Waals surface area (Å²) in [5.41, 5.74) is 1.16. The van der Waals surface area contributed by atoms with E-state index >= 15 is 0 Å². The lowest BCUT2D eigenvalue weighted by Gasteiger charge is -2.28. The molecule has 0 aromatic heterocycles. The van der Waals surface area contributed by atoms with Crippen molar-refractivity contribution in [1.82, 2.24) is 0 Å². The Labute approximate surface area is 207 Å². The van der Waals surface area contributed by atoms with Gasteiger partial charge in [0.2, 0.25) is 5.91 Å². The molecule has 2 amide bonds. The number of unbranched alkanes of at least 4 members (excludes halogenated alkanes) is 1. The fraction of sp³-hybridized carbons (Fsp3) is 0.259. The van der Waals surface area contributed by atoms with E-state index in [1.807, 2.05) is 6.07 Å². The van der Waals surface area contributed by atoms with Gasteiger partial charge in [0.05, 0.1) is 28.5 Å². The van der Waals surface area contributed by atoms with Crippen molar-refractivity contribution in [2.45, 2.75) is 31.9 Å². The number of carbonyl (C=O) groups excluding carboxylic acids is 2. The molecule has 0 aliphatic carbocycles. The van der Waals surface area contributed by atoms with Gasteiger partial charge in [-0.1, -0.05) is 43.7 Å². The Morgan fingerprint density at radius 2 is 1.61 bits per heavy atom. The van der Waals surface area contributed by atoms with Gasteiger partial charge in [0, 0.05) is 6.07 Å². The number of hydrogen-bond acceptors (Lipinski definition) is 7. The molecule has 0 unspecified atom stereocenters. The number of fused-ring (bicyclic) bond motifs is 1. The van der Waals surface area contributed by atoms with Crippen LogP contribution >= 0.6 is 0 Å². The highest BCUT2D eigenvalue weighted by Crippen LogP contribution is 2.49. The van der Waals surface area contributed by atoms with E-state index < -0.39 is 34.8 Å². The molecule has 3 aromatic carbocycles. The van der Waals surface area contributed by atoms with Crippen molar-refractivity contribution in [3.8, 4) is 5.75 Å². The molecule has 9 heteroatoms. The molecular formula is C27H25N3O6. The third kappa shape index (κ3) is 4.07. The topological polar surface area (TPSA) is 102 Å². The van der Waals surface area contributed by atoms with Crippen molar-refractivity contribution < 1.29 is 24.1 Å². The normalized spacial score (nSPS) is 21.1. The Kier molecular flexibility index (Phi) is 6.39. The second-order valence-corrected chi connectivity index (χ2v) is 8.68. The molecular weight excluding hydrogens is 462 g/mol. The minimum atomic E-state index is -1.11. The average Bonchev–Trinajstić information content (AvgIpc) is 3.41. The van der Waals surface area contributed by atoms with E-state index in [1.54, 1.807) is 66.7 Å². The smallest absolute Gasteiger partial charge is 0.274 e. The third-order valence-corrected chi connectivity index (χ3v) is 6.44. The highest BCUT2D eigenvalue weighted by atomic mass is 16.7. The number of carbonyl (C=O) groups is 2. The monoisotopic (exact) mass is 487 g/mol. The number of hydrogen-bond donors (Lipinski definition) is 0. The molecule has 9 nitrogen and oxygen atoms in total. The molecule has 2 aliphatic heterocycles. The third-order valence-electron chi connectivity index (χ3n) is 6.44. The first-order chi connectivity index (χ1) is 17.5. The van der Waals surface area contributed by atoms with E-state index in [0.29, 0.717) is 29.3 Å². The quantitative estimate of drug-likeness (QED) is 0.194. The Hall–Kier alpha value is -4.24. The number of anilines is 2. The Bertz CT molecular complexity index is 1280. The zero-order valence-electron chi connectivity index (χ0n) is 19.7. The molecule has 0 spiro atoms. The van der Waals surface area contributed by atoms with Crippen LogP contribution in [0.25, 0.3) is 0 Å². The lowest BCUT2D eigenvalue weighted by Crippen LogP contribution is -2.37. The van der Waals surface area contributed by atoms with E-state index in [-0.39, 0.29) is 5.69 Å². The van der Waals surface area contributed by atoms with Crippen LogP contribution in [0, 0.1) is 16.0 Å². The molecule has 5 rings (SSSR count). The van der Waals surface area contributed by atoms with Gasteiger partial charge in [-0.2, -0.15) is 0 Å². The number of rotatable bonds is 8. The van der Waals surface area contributed by atoms with Gasteiger partial charge in [-0.25, -0.2) is 9.96 Å². The van der Waals surface area contributed by atoms with Gasteiger partial charge in [-0.15, -0.1) is 0 Å². The van der Waals surface area contributed by atoms with E-state index in [4.69, 9.17) is 9.57 Å². The largest absolute Gasteiger partial charge is 0.494 e. The van der Waals surface area contributed by atoms with Gasteiger partial charge in [-0.05, 0) is 48.9 Å². The summed E-state index contributed by atoms with van der Waals surface area (Å²) in [5.74, 6) is -1.28. The van der Waals surface area contributed by atoms with Gasteiger partial charge in [0.15, 0.2) is 6.10 Å². The molecule has 0 bridgehead atoms. The maximum atomic E-state index is 13.7. The van der Waals surface area contributed by atoms with Crippen LogP contribution in [0.3, 0.4) is 0 Å². The van der Waals surface area contributed by atoms with Crippen LogP contribution in [-0.4, -0.2) is 29.4 Å². The van der Waals surface area contributed by atoms with Crippen LogP contribution in [0.4, 0.5) is 17.1 Å². The number of nitrogens with zero attached hydrogens (tertiary/aromatic N) is 3. The summed E-state index contributed by atoms with van der Waals surface area (Å²) >= 11 is 0. The van der Waals surface area contributed by atoms with Crippen LogP contribution in [0.15, 0.2) is 78.9 Å². The highest BCUT2D eigenvalue weighted by Gasteiger charge is 2.61. The van der Waals surface area contributed by atoms with Crippen molar-refractivity contribution in [2.24, 2.45) is 5.92 Å². The van der Waals surface area contributed by atoms with Crippen LogP contribution in [0.2, 0.25) is 0 Å². The van der Waals surface area contributed by atoms with E-state index in [2.05, 4.69) is 6.92 Å². The standard InChI is InChI=1S/C27H25N3O6/c1-2-3-17-35-20-15-13-18(14-16-20)28-26(31)23-24(21-11-7-8-12-22(21)30(33)34)29(36-25(23)27(28)32)19-9-5-4-6-10-19/h4-16,23-25H,2-3,17H2,1H3/t23-,24+,25-/m1/s1. The number of benzene rings is 3. The van der Waals surface area contributed by atoms with Crippen molar-refractivity contribution in [3.63, 3.8) is 0 Å². The van der Waals surface area contributed by atoms with Gasteiger partial charge < -0.3 is 4.74 Å². The fourth-order valence-electron chi connectivity index (χ4n) is 4.71. The summed E-state index contributed by atoms with van der Waals surface area (Å²) in [6.45, 7) is 2.66. The van der Waals surface area contributed by atoms with Crippen molar-refractivity contribution in [2.75, 3.05) is 16.6 Å². The summed E-state index contributed by atoms with van der Waals surface area (Å²) in [4.78, 5) is 45.7. The number of nitro groups is 1. The molecule has 36 heavy (non-hydrogen) atoms. The van der Waals surface area contributed by atoms with Gasteiger partial charge in [0.25, 0.3) is 11.6 Å². The Morgan fingerprint density at radius 3 is 2.31 bits per heavy atom. The summed E-state index contributed by atoms with van der Waals surface area (Å²) in [6, 6.07) is 21.1. The molecule has 3 aromatic rings.